The van der Waals surface area contributed by atoms with Gasteiger partial charge in [-0.3, -0.25) is 19.3 Å². The Morgan fingerprint density at radius 2 is 2.04 bits per heavy atom. The van der Waals surface area contributed by atoms with Crippen LogP contribution >= 0.6 is 23.2 Å². The van der Waals surface area contributed by atoms with Crippen molar-refractivity contribution in [2.45, 2.75) is 0 Å². The number of anilines is 2. The minimum atomic E-state index is -0.424. The maximum Gasteiger partial charge on any atom is 0.278 e. The third-order valence-electron chi connectivity index (χ3n) is 3.73. The van der Waals surface area contributed by atoms with Gasteiger partial charge in [-0.15, -0.1) is 0 Å². The number of nitrogens with one attached hydrogen (secondary N) is 2. The maximum absolute atomic E-state index is 12.4. The van der Waals surface area contributed by atoms with Crippen molar-refractivity contribution in [1.82, 2.24) is 25.1 Å². The molecule has 0 unspecified atom stereocenters. The van der Waals surface area contributed by atoms with Gasteiger partial charge in [-0.25, -0.2) is 4.98 Å². The Kier molecular flexibility index (Phi) is 4.40. The topological polar surface area (TPSA) is 95.9 Å². The highest BCUT2D eigenvalue weighted by molar-refractivity contribution is 6.42. The lowest BCUT2D eigenvalue weighted by molar-refractivity contribution is 0.0959. The molecule has 1 amide bonds. The van der Waals surface area contributed by atoms with Crippen LogP contribution in [0.25, 0.3) is 11.0 Å². The molecule has 0 spiro atoms. The monoisotopic (exact) mass is 380 g/mol. The second-order valence-corrected chi connectivity index (χ2v) is 6.11. The number of benzene rings is 1. The normalized spacial score (nSPS) is 10.9. The van der Waals surface area contributed by atoms with Crippen molar-refractivity contribution in [2.24, 2.45) is 7.05 Å². The van der Waals surface area contributed by atoms with Crippen LogP contribution in [0, 0.1) is 0 Å². The molecule has 2 heterocycles. The number of H-pyrrole nitrogens is 1. The van der Waals surface area contributed by atoms with Gasteiger partial charge in [0.1, 0.15) is 5.52 Å². The van der Waals surface area contributed by atoms with Crippen LogP contribution in [0.1, 0.15) is 10.5 Å². The Hall–Kier alpha value is -2.58. The Balaban J connectivity index is 2.18. The van der Waals surface area contributed by atoms with Crippen LogP contribution in [0.2, 0.25) is 10.0 Å². The van der Waals surface area contributed by atoms with Crippen LogP contribution in [0.4, 0.5) is 11.6 Å². The second kappa shape index (κ2) is 6.38. The zero-order valence-electron chi connectivity index (χ0n) is 13.6. The lowest BCUT2D eigenvalue weighted by atomic mass is 10.3. The molecule has 0 aliphatic carbocycles. The Labute approximate surface area is 152 Å². The van der Waals surface area contributed by atoms with Gasteiger partial charge in [-0.1, -0.05) is 23.2 Å². The number of nitrogens with zero attached hydrogens (tertiary/aromatic N) is 4. The maximum atomic E-state index is 12.4. The Morgan fingerprint density at radius 1 is 1.32 bits per heavy atom. The predicted molar refractivity (Wildman–Crippen MR) is 97.0 cm³/mol. The lowest BCUT2D eigenvalue weighted by Crippen LogP contribution is -2.21. The number of hydrogen-bond donors (Lipinski definition) is 2. The summed E-state index contributed by atoms with van der Waals surface area (Å²) in [4.78, 5) is 33.2. The van der Waals surface area contributed by atoms with Crippen LogP contribution < -0.4 is 15.8 Å². The van der Waals surface area contributed by atoms with Gasteiger partial charge < -0.3 is 10.2 Å². The molecule has 3 rings (SSSR count). The smallest absolute Gasteiger partial charge is 0.278 e. The zero-order valence-corrected chi connectivity index (χ0v) is 15.1. The molecule has 130 valence electrons. The fourth-order valence-corrected chi connectivity index (χ4v) is 2.71. The van der Waals surface area contributed by atoms with Gasteiger partial charge in [0.25, 0.3) is 11.5 Å². The summed E-state index contributed by atoms with van der Waals surface area (Å²) in [5, 5.41) is 7.37. The van der Waals surface area contributed by atoms with E-state index in [1.165, 1.54) is 11.7 Å². The molecular weight excluding hydrogens is 367 g/mol. The average Bonchev–Trinajstić information content (AvgIpc) is 2.93. The molecule has 0 aliphatic heterocycles. The predicted octanol–water partition coefficient (Wildman–Crippen LogP) is 2.09. The fourth-order valence-electron chi connectivity index (χ4n) is 2.41. The molecule has 25 heavy (non-hydrogen) atoms. The van der Waals surface area contributed by atoms with Crippen molar-refractivity contribution in [3.63, 3.8) is 0 Å². The molecule has 0 aliphatic rings. The van der Waals surface area contributed by atoms with Crippen LogP contribution in [0.3, 0.4) is 0 Å². The molecule has 2 N–H and O–H groups in total. The second-order valence-electron chi connectivity index (χ2n) is 5.30. The highest BCUT2D eigenvalue weighted by Gasteiger charge is 2.21. The summed E-state index contributed by atoms with van der Waals surface area (Å²) in [7, 11) is 4.77. The first kappa shape index (κ1) is 17.2. The van der Waals surface area contributed by atoms with E-state index in [2.05, 4.69) is 20.4 Å². The van der Waals surface area contributed by atoms with Crippen LogP contribution in [0.5, 0.6) is 0 Å². The number of aryl methyl sites for hydroxylation is 1. The molecule has 0 bridgehead atoms. The highest BCUT2D eigenvalue weighted by atomic mass is 35.5. The number of halogens is 2. The molecule has 8 nitrogen and oxygen atoms in total. The summed E-state index contributed by atoms with van der Waals surface area (Å²) in [5.74, 6) is -0.180. The number of aromatic nitrogens is 4. The number of fused-ring (bicyclic) bond motifs is 1. The number of carbonyl (C=O) groups excluding carboxylic acids is 1. The van der Waals surface area contributed by atoms with Gasteiger partial charge in [0.15, 0.2) is 11.2 Å². The van der Waals surface area contributed by atoms with Crippen LogP contribution in [-0.4, -0.2) is 39.8 Å². The van der Waals surface area contributed by atoms with E-state index in [4.69, 9.17) is 23.2 Å². The van der Waals surface area contributed by atoms with Crippen molar-refractivity contribution in [3.8, 4) is 0 Å². The third kappa shape index (κ3) is 2.94. The summed E-state index contributed by atoms with van der Waals surface area (Å²) in [5.41, 5.74) is 0.770. The average molecular weight is 381 g/mol. The fraction of sp³-hybridized carbons (Fsp3) is 0.200. The number of carbonyl (C=O) groups is 1. The van der Waals surface area contributed by atoms with Crippen molar-refractivity contribution < 1.29 is 4.79 Å². The molecule has 0 atom stereocenters. The van der Waals surface area contributed by atoms with E-state index in [-0.39, 0.29) is 22.7 Å². The molecule has 0 saturated heterocycles. The van der Waals surface area contributed by atoms with E-state index in [1.54, 1.807) is 37.2 Å². The quantitative estimate of drug-likeness (QED) is 0.725. The Bertz CT molecular complexity index is 1040. The minimum absolute atomic E-state index is 0.0786. The summed E-state index contributed by atoms with van der Waals surface area (Å²) < 4.78 is 1.33. The summed E-state index contributed by atoms with van der Waals surface area (Å²) in [6, 6.07) is 5.03. The standard InChI is InChI=1S/C15H14Cl2N6O2/c1-18-13(24)11-10-12(23(3)21-11)14(25)20-15(19-10)22(2)7-4-5-8(16)9(17)6-7/h4-6H,1-3H3,(H,18,24)(H,19,20,25). The van der Waals surface area contributed by atoms with Gasteiger partial charge in [0.2, 0.25) is 5.95 Å². The van der Waals surface area contributed by atoms with Crippen LogP contribution in [-0.2, 0) is 7.05 Å². The van der Waals surface area contributed by atoms with Crippen molar-refractivity contribution >= 4 is 51.8 Å². The molecule has 1 aromatic carbocycles. The first-order chi connectivity index (χ1) is 11.8. The van der Waals surface area contributed by atoms with E-state index >= 15 is 0 Å². The van der Waals surface area contributed by atoms with Crippen molar-refractivity contribution in [1.29, 1.82) is 0 Å². The van der Waals surface area contributed by atoms with Gasteiger partial charge >= 0.3 is 0 Å². The summed E-state index contributed by atoms with van der Waals surface area (Å²) in [6.45, 7) is 0. The molecule has 0 radical (unpaired) electrons. The van der Waals surface area contributed by atoms with Gasteiger partial charge in [0.05, 0.1) is 10.0 Å². The number of aromatic amines is 1. The van der Waals surface area contributed by atoms with Gasteiger partial charge in [0, 0.05) is 26.8 Å². The number of amides is 1. The zero-order chi connectivity index (χ0) is 18.3. The Morgan fingerprint density at radius 3 is 2.68 bits per heavy atom. The minimum Gasteiger partial charge on any atom is -0.354 e. The van der Waals surface area contributed by atoms with Crippen LogP contribution in [0.15, 0.2) is 23.0 Å². The first-order valence-electron chi connectivity index (χ1n) is 7.21. The lowest BCUT2D eigenvalue weighted by Gasteiger charge is -2.18. The summed E-state index contributed by atoms with van der Waals surface area (Å²) in [6.07, 6.45) is 0. The SMILES string of the molecule is CNC(=O)c1nn(C)c2c(=O)[nH]c(N(C)c3ccc(Cl)c(Cl)c3)nc12. The van der Waals surface area contributed by atoms with Gasteiger partial charge in [-0.05, 0) is 18.2 Å². The van der Waals surface area contributed by atoms with E-state index in [0.717, 1.165) is 0 Å². The van der Waals surface area contributed by atoms with E-state index < -0.39 is 11.5 Å². The first-order valence-corrected chi connectivity index (χ1v) is 7.97. The van der Waals surface area contributed by atoms with E-state index in [0.29, 0.717) is 15.7 Å². The van der Waals surface area contributed by atoms with E-state index in [1.807, 2.05) is 0 Å². The third-order valence-corrected chi connectivity index (χ3v) is 4.47. The van der Waals surface area contributed by atoms with Gasteiger partial charge in [-0.2, -0.15) is 5.10 Å². The highest BCUT2D eigenvalue weighted by Crippen LogP contribution is 2.29. The van der Waals surface area contributed by atoms with E-state index in [9.17, 15) is 9.59 Å². The van der Waals surface area contributed by atoms with Crippen molar-refractivity contribution in [2.75, 3.05) is 19.0 Å². The molecule has 0 fully saturated rings. The number of rotatable bonds is 3. The summed E-state index contributed by atoms with van der Waals surface area (Å²) >= 11 is 12.0. The molecule has 3 aromatic rings. The largest absolute Gasteiger partial charge is 0.354 e. The molecule has 10 heteroatoms. The number of hydrogen-bond acceptors (Lipinski definition) is 5. The molecule has 0 saturated carbocycles. The molecule has 2 aromatic heterocycles. The molecular formula is C15H14Cl2N6O2. The van der Waals surface area contributed by atoms with Crippen molar-refractivity contribution in [3.05, 3.63) is 44.3 Å².